The van der Waals surface area contributed by atoms with Crippen LogP contribution in [0.3, 0.4) is 0 Å². The lowest BCUT2D eigenvalue weighted by atomic mass is 9.95. The lowest BCUT2D eigenvalue weighted by Gasteiger charge is -2.31. The van der Waals surface area contributed by atoms with Gasteiger partial charge in [-0.1, -0.05) is 12.1 Å². The molecule has 8 heteroatoms. The van der Waals surface area contributed by atoms with E-state index in [0.717, 1.165) is 12.1 Å². The highest BCUT2D eigenvalue weighted by Crippen LogP contribution is 2.20. The summed E-state index contributed by atoms with van der Waals surface area (Å²) in [5.41, 5.74) is 1.23. The molecule has 2 aromatic carbocycles. The number of aryl methyl sites for hydroxylation is 1. The van der Waals surface area contributed by atoms with Crippen molar-refractivity contribution >= 4 is 11.8 Å². The van der Waals surface area contributed by atoms with E-state index in [1.165, 1.54) is 6.07 Å². The molecule has 3 rings (SSSR count). The van der Waals surface area contributed by atoms with Gasteiger partial charge in [0.1, 0.15) is 11.6 Å². The average Bonchev–Trinajstić information content (AvgIpc) is 2.73. The van der Waals surface area contributed by atoms with Gasteiger partial charge >= 0.3 is 0 Å². The first kappa shape index (κ1) is 21.7. The van der Waals surface area contributed by atoms with E-state index in [0.29, 0.717) is 43.1 Å². The molecule has 1 aliphatic rings. The fraction of sp³-hybridized carbons (Fsp3) is 0.364. The Hall–Kier alpha value is -3.03. The number of halogens is 3. The molecule has 2 aromatic rings. The summed E-state index contributed by atoms with van der Waals surface area (Å²) in [6.07, 6.45) is 0.982. The molecular formula is C22H23F3N2O3. The number of amides is 2. The maximum atomic E-state index is 13.6. The molecule has 0 unspecified atom stereocenters. The third-order valence-corrected chi connectivity index (χ3v) is 5.17. The van der Waals surface area contributed by atoms with Crippen LogP contribution in [0, 0.1) is 30.3 Å². The van der Waals surface area contributed by atoms with Crippen LogP contribution in [0.4, 0.5) is 13.2 Å². The molecule has 0 radical (unpaired) electrons. The molecule has 5 nitrogen and oxygen atoms in total. The summed E-state index contributed by atoms with van der Waals surface area (Å²) < 4.78 is 45.2. The van der Waals surface area contributed by atoms with E-state index >= 15 is 0 Å². The van der Waals surface area contributed by atoms with Crippen LogP contribution in [0.2, 0.25) is 0 Å². The monoisotopic (exact) mass is 420 g/mol. The first-order chi connectivity index (χ1) is 14.3. The van der Waals surface area contributed by atoms with Crippen molar-refractivity contribution in [2.75, 3.05) is 19.7 Å². The molecule has 160 valence electrons. The maximum absolute atomic E-state index is 13.6. The van der Waals surface area contributed by atoms with Crippen molar-refractivity contribution in [2.24, 2.45) is 5.92 Å². The molecule has 30 heavy (non-hydrogen) atoms. The highest BCUT2D eigenvalue weighted by Gasteiger charge is 2.27. The Morgan fingerprint density at radius 1 is 1.07 bits per heavy atom. The fourth-order valence-electron chi connectivity index (χ4n) is 3.29. The molecule has 1 fully saturated rings. The van der Waals surface area contributed by atoms with E-state index in [1.54, 1.807) is 24.0 Å². The first-order valence-corrected chi connectivity index (χ1v) is 9.72. The van der Waals surface area contributed by atoms with Crippen LogP contribution in [0.1, 0.15) is 24.0 Å². The number of benzene rings is 2. The second-order valence-corrected chi connectivity index (χ2v) is 7.32. The van der Waals surface area contributed by atoms with Gasteiger partial charge in [0.05, 0.1) is 0 Å². The largest absolute Gasteiger partial charge is 0.481 e. The molecular weight excluding hydrogens is 397 g/mol. The molecule has 0 aliphatic carbocycles. The van der Waals surface area contributed by atoms with Crippen LogP contribution in [-0.2, 0) is 16.1 Å². The zero-order valence-corrected chi connectivity index (χ0v) is 16.6. The summed E-state index contributed by atoms with van der Waals surface area (Å²) in [6, 6.07) is 7.72. The highest BCUT2D eigenvalue weighted by atomic mass is 19.1. The van der Waals surface area contributed by atoms with Gasteiger partial charge in [-0.3, -0.25) is 9.59 Å². The summed E-state index contributed by atoms with van der Waals surface area (Å²) in [6.45, 7) is 2.31. The lowest BCUT2D eigenvalue weighted by Crippen LogP contribution is -2.44. The number of nitrogens with one attached hydrogen (secondary N) is 1. The molecule has 0 atom stereocenters. The van der Waals surface area contributed by atoms with Crippen molar-refractivity contribution in [1.82, 2.24) is 10.2 Å². The zero-order chi connectivity index (χ0) is 21.7. The Kier molecular flexibility index (Phi) is 6.97. The van der Waals surface area contributed by atoms with Crippen molar-refractivity contribution in [2.45, 2.75) is 26.3 Å². The first-order valence-electron chi connectivity index (χ1n) is 9.72. The lowest BCUT2D eigenvalue weighted by molar-refractivity contribution is -0.137. The topological polar surface area (TPSA) is 58.6 Å². The highest BCUT2D eigenvalue weighted by molar-refractivity contribution is 5.80. The molecule has 1 saturated heterocycles. The number of hydrogen-bond acceptors (Lipinski definition) is 3. The number of ether oxygens (including phenoxy) is 1. The third-order valence-electron chi connectivity index (χ3n) is 5.17. The smallest absolute Gasteiger partial charge is 0.260 e. The van der Waals surface area contributed by atoms with Crippen LogP contribution >= 0.6 is 0 Å². The van der Waals surface area contributed by atoms with Crippen molar-refractivity contribution in [3.63, 3.8) is 0 Å². The molecule has 1 N–H and O–H groups in total. The fourth-order valence-corrected chi connectivity index (χ4v) is 3.29. The van der Waals surface area contributed by atoms with Gasteiger partial charge in [0, 0.05) is 31.6 Å². The van der Waals surface area contributed by atoms with Crippen LogP contribution in [0.15, 0.2) is 36.4 Å². The predicted molar refractivity (Wildman–Crippen MR) is 104 cm³/mol. The SMILES string of the molecule is Cc1ccc(CNC(=O)C2CCN(C(=O)COc3ccc(F)cc3F)CC2)cc1F. The summed E-state index contributed by atoms with van der Waals surface area (Å²) in [5, 5.41) is 2.81. The van der Waals surface area contributed by atoms with E-state index in [1.807, 2.05) is 0 Å². The number of piperidine rings is 1. The van der Waals surface area contributed by atoms with Crippen LogP contribution in [-0.4, -0.2) is 36.4 Å². The Labute approximate surface area is 172 Å². The maximum Gasteiger partial charge on any atom is 0.260 e. The van der Waals surface area contributed by atoms with Crippen molar-refractivity contribution in [1.29, 1.82) is 0 Å². The van der Waals surface area contributed by atoms with Gasteiger partial charge in [0.2, 0.25) is 5.91 Å². The van der Waals surface area contributed by atoms with Crippen LogP contribution < -0.4 is 10.1 Å². The third kappa shape index (κ3) is 5.52. The normalized spacial score (nSPS) is 14.5. The number of likely N-dealkylation sites (tertiary alicyclic amines) is 1. The summed E-state index contributed by atoms with van der Waals surface area (Å²) >= 11 is 0. The molecule has 1 aliphatic heterocycles. The van der Waals surface area contributed by atoms with E-state index in [-0.39, 0.29) is 42.5 Å². The minimum Gasteiger partial charge on any atom is -0.481 e. The minimum atomic E-state index is -0.869. The number of carbonyl (C=O) groups excluding carboxylic acids is 2. The number of rotatable bonds is 6. The van der Waals surface area contributed by atoms with Gasteiger partial charge in [0.25, 0.3) is 5.91 Å². The van der Waals surface area contributed by atoms with Crippen LogP contribution in [0.5, 0.6) is 5.75 Å². The van der Waals surface area contributed by atoms with Gasteiger partial charge in [-0.25, -0.2) is 13.2 Å². The van der Waals surface area contributed by atoms with Crippen molar-refractivity contribution in [3.05, 3.63) is 65.0 Å². The molecule has 0 saturated carbocycles. The van der Waals surface area contributed by atoms with Gasteiger partial charge in [-0.2, -0.15) is 0 Å². The number of hydrogen-bond donors (Lipinski definition) is 1. The Bertz CT molecular complexity index is 928. The Morgan fingerprint density at radius 3 is 2.47 bits per heavy atom. The predicted octanol–water partition coefficient (Wildman–Crippen LogP) is 3.35. The minimum absolute atomic E-state index is 0.132. The van der Waals surface area contributed by atoms with Crippen molar-refractivity contribution in [3.8, 4) is 5.75 Å². The molecule has 0 aromatic heterocycles. The Morgan fingerprint density at radius 2 is 1.80 bits per heavy atom. The van der Waals surface area contributed by atoms with Gasteiger partial charge in [-0.05, 0) is 49.1 Å². The Balaban J connectivity index is 1.42. The molecule has 1 heterocycles. The molecule has 2 amide bonds. The summed E-state index contributed by atoms with van der Waals surface area (Å²) in [4.78, 5) is 26.2. The summed E-state index contributed by atoms with van der Waals surface area (Å²) in [7, 11) is 0. The zero-order valence-electron chi connectivity index (χ0n) is 16.6. The number of carbonyl (C=O) groups is 2. The molecule has 0 spiro atoms. The second-order valence-electron chi connectivity index (χ2n) is 7.32. The van der Waals surface area contributed by atoms with E-state index in [9.17, 15) is 22.8 Å². The van der Waals surface area contributed by atoms with E-state index in [2.05, 4.69) is 5.32 Å². The summed E-state index contributed by atoms with van der Waals surface area (Å²) in [5.74, 6) is -2.78. The number of nitrogens with zero attached hydrogens (tertiary/aromatic N) is 1. The van der Waals surface area contributed by atoms with Crippen molar-refractivity contribution < 1.29 is 27.5 Å². The second kappa shape index (κ2) is 9.65. The van der Waals surface area contributed by atoms with Gasteiger partial charge in [-0.15, -0.1) is 0 Å². The van der Waals surface area contributed by atoms with E-state index < -0.39 is 11.6 Å². The van der Waals surface area contributed by atoms with E-state index in [4.69, 9.17) is 4.74 Å². The quantitative estimate of drug-likeness (QED) is 0.780. The molecule has 0 bridgehead atoms. The van der Waals surface area contributed by atoms with Gasteiger partial charge in [0.15, 0.2) is 18.2 Å². The van der Waals surface area contributed by atoms with Crippen LogP contribution in [0.25, 0.3) is 0 Å². The standard InChI is InChI=1S/C22H23F3N2O3/c1-14-2-3-15(10-18(14)24)12-26-22(29)16-6-8-27(9-7-16)21(28)13-30-20-5-4-17(23)11-19(20)25/h2-5,10-11,16H,6-9,12-13H2,1H3,(H,26,29). The average molecular weight is 420 g/mol. The van der Waals surface area contributed by atoms with Gasteiger partial charge < -0.3 is 15.0 Å².